The first-order valence-corrected chi connectivity index (χ1v) is 9.32. The number of halogens is 2. The first kappa shape index (κ1) is 17.6. The maximum atomic E-state index is 6.14. The van der Waals surface area contributed by atoms with E-state index in [-0.39, 0.29) is 6.10 Å². The normalized spacial score (nSPS) is 16.5. The molecule has 0 radical (unpaired) electrons. The molecule has 1 aliphatic rings. The maximum absolute atomic E-state index is 6.14. The van der Waals surface area contributed by atoms with Crippen LogP contribution < -0.4 is 5.32 Å². The zero-order valence-corrected chi connectivity index (χ0v) is 15.7. The van der Waals surface area contributed by atoms with Gasteiger partial charge < -0.3 is 14.6 Å². The zero-order valence-electron chi connectivity index (χ0n) is 14.2. The molecule has 1 atom stereocenters. The van der Waals surface area contributed by atoms with Gasteiger partial charge in [0.15, 0.2) is 0 Å². The second-order valence-electron chi connectivity index (χ2n) is 6.37. The van der Waals surface area contributed by atoms with Crippen molar-refractivity contribution in [3.8, 4) is 11.3 Å². The van der Waals surface area contributed by atoms with Crippen LogP contribution in [0.1, 0.15) is 11.4 Å². The molecule has 4 nitrogen and oxygen atoms in total. The molecule has 2 aromatic carbocycles. The summed E-state index contributed by atoms with van der Waals surface area (Å²) in [6, 6.07) is 15.7. The van der Waals surface area contributed by atoms with Gasteiger partial charge in [0.25, 0.3) is 0 Å². The first-order chi connectivity index (χ1) is 12.7. The monoisotopic (exact) mass is 387 g/mol. The van der Waals surface area contributed by atoms with E-state index < -0.39 is 0 Å². The van der Waals surface area contributed by atoms with Crippen molar-refractivity contribution in [2.75, 3.05) is 6.54 Å². The minimum absolute atomic E-state index is 0.0990. The van der Waals surface area contributed by atoms with Gasteiger partial charge in [0.2, 0.25) is 0 Å². The Kier molecular flexibility index (Phi) is 5.27. The standard InChI is InChI=1S/C20H19Cl2N3O/c21-16-6-4-14(5-7-16)9-23-10-18-12-25-19(11-24-20(25)13-26-18)15-2-1-3-17(22)8-15/h1-8,11,18,23H,9-10,12-13H2/t18-/m0/s1. The van der Waals surface area contributed by atoms with Crippen molar-refractivity contribution in [1.82, 2.24) is 14.9 Å². The van der Waals surface area contributed by atoms with Crippen LogP contribution in [0, 0.1) is 0 Å². The van der Waals surface area contributed by atoms with Crippen molar-refractivity contribution in [1.29, 1.82) is 0 Å². The topological polar surface area (TPSA) is 39.1 Å². The number of nitrogens with one attached hydrogen (secondary N) is 1. The molecule has 1 N–H and O–H groups in total. The fraction of sp³-hybridized carbons (Fsp3) is 0.250. The minimum Gasteiger partial charge on any atom is -0.367 e. The quantitative estimate of drug-likeness (QED) is 0.697. The van der Waals surface area contributed by atoms with Crippen LogP contribution in [0.15, 0.2) is 54.7 Å². The Labute approximate surface area is 162 Å². The molecule has 0 saturated carbocycles. The van der Waals surface area contributed by atoms with E-state index in [9.17, 15) is 0 Å². The minimum atomic E-state index is 0.0990. The molecule has 0 unspecified atom stereocenters. The van der Waals surface area contributed by atoms with Gasteiger partial charge in [0, 0.05) is 28.7 Å². The molecule has 3 aromatic rings. The highest BCUT2D eigenvalue weighted by Crippen LogP contribution is 2.26. The highest BCUT2D eigenvalue weighted by Gasteiger charge is 2.22. The molecule has 26 heavy (non-hydrogen) atoms. The first-order valence-electron chi connectivity index (χ1n) is 8.56. The summed E-state index contributed by atoms with van der Waals surface area (Å²) in [5.74, 6) is 0.953. The SMILES string of the molecule is Clc1ccc(CNC[C@H]2Cn3c(-c4cccc(Cl)c4)cnc3CO2)cc1. The van der Waals surface area contributed by atoms with E-state index in [1.165, 1.54) is 5.56 Å². The summed E-state index contributed by atoms with van der Waals surface area (Å²) in [4.78, 5) is 4.50. The summed E-state index contributed by atoms with van der Waals surface area (Å²) in [6.45, 7) is 2.85. The van der Waals surface area contributed by atoms with Gasteiger partial charge in [-0.3, -0.25) is 0 Å². The molecular weight excluding hydrogens is 369 g/mol. The predicted octanol–water partition coefficient (Wildman–Crippen LogP) is 4.55. The third-order valence-corrected chi connectivity index (χ3v) is 4.99. The Balaban J connectivity index is 1.41. The summed E-state index contributed by atoms with van der Waals surface area (Å²) in [5, 5.41) is 4.94. The van der Waals surface area contributed by atoms with Crippen molar-refractivity contribution in [3.63, 3.8) is 0 Å². The van der Waals surface area contributed by atoms with E-state index >= 15 is 0 Å². The number of fused-ring (bicyclic) bond motifs is 1. The molecule has 1 aliphatic heterocycles. The third kappa shape index (κ3) is 3.94. The lowest BCUT2D eigenvalue weighted by molar-refractivity contribution is 0.00326. The molecule has 0 amide bonds. The summed E-state index contributed by atoms with van der Waals surface area (Å²) in [6.07, 6.45) is 2.00. The van der Waals surface area contributed by atoms with Crippen molar-refractivity contribution >= 4 is 23.2 Å². The van der Waals surface area contributed by atoms with Crippen molar-refractivity contribution in [3.05, 3.63) is 76.2 Å². The van der Waals surface area contributed by atoms with Crippen LogP contribution in [-0.4, -0.2) is 22.2 Å². The molecule has 0 fully saturated rings. The molecule has 134 valence electrons. The average molecular weight is 388 g/mol. The summed E-state index contributed by atoms with van der Waals surface area (Å²) in [7, 11) is 0. The Morgan fingerprint density at radius 3 is 2.77 bits per heavy atom. The molecule has 0 aliphatic carbocycles. The van der Waals surface area contributed by atoms with Crippen LogP contribution in [-0.2, 0) is 24.4 Å². The van der Waals surface area contributed by atoms with Gasteiger partial charge in [0.05, 0.1) is 24.5 Å². The van der Waals surface area contributed by atoms with Crippen molar-refractivity contribution < 1.29 is 4.74 Å². The van der Waals surface area contributed by atoms with Crippen LogP contribution in [0.25, 0.3) is 11.3 Å². The van der Waals surface area contributed by atoms with Gasteiger partial charge in [-0.1, -0.05) is 47.5 Å². The zero-order chi connectivity index (χ0) is 17.9. The lowest BCUT2D eigenvalue weighted by Gasteiger charge is -2.26. The van der Waals surface area contributed by atoms with E-state index in [2.05, 4.69) is 20.9 Å². The van der Waals surface area contributed by atoms with Crippen molar-refractivity contribution in [2.45, 2.75) is 25.8 Å². The number of rotatable bonds is 5. The average Bonchev–Trinajstić information content (AvgIpc) is 3.07. The summed E-state index contributed by atoms with van der Waals surface area (Å²) < 4.78 is 8.17. The fourth-order valence-corrected chi connectivity index (χ4v) is 3.48. The largest absolute Gasteiger partial charge is 0.367 e. The van der Waals surface area contributed by atoms with E-state index in [0.717, 1.165) is 46.8 Å². The Hall–Kier alpha value is -1.85. The highest BCUT2D eigenvalue weighted by molar-refractivity contribution is 6.31. The summed E-state index contributed by atoms with van der Waals surface area (Å²) in [5.41, 5.74) is 3.35. The van der Waals surface area contributed by atoms with Gasteiger partial charge >= 0.3 is 0 Å². The fourth-order valence-electron chi connectivity index (χ4n) is 3.16. The number of hydrogen-bond donors (Lipinski definition) is 1. The van der Waals surface area contributed by atoms with Gasteiger partial charge in [-0.15, -0.1) is 0 Å². The van der Waals surface area contributed by atoms with Crippen molar-refractivity contribution in [2.24, 2.45) is 0 Å². The number of imidazole rings is 1. The number of benzene rings is 2. The Bertz CT molecular complexity index is 892. The number of ether oxygens (including phenoxy) is 1. The van der Waals surface area contributed by atoms with Gasteiger partial charge in [-0.25, -0.2) is 4.98 Å². The van der Waals surface area contributed by atoms with Crippen LogP contribution >= 0.6 is 23.2 Å². The highest BCUT2D eigenvalue weighted by atomic mass is 35.5. The molecule has 4 rings (SSSR count). The number of aromatic nitrogens is 2. The molecule has 0 saturated heterocycles. The van der Waals surface area contributed by atoms with Crippen LogP contribution in [0.2, 0.25) is 10.0 Å². The molecule has 6 heteroatoms. The van der Waals surface area contributed by atoms with E-state index in [1.54, 1.807) is 0 Å². The maximum Gasteiger partial charge on any atom is 0.135 e. The Morgan fingerprint density at radius 1 is 1.12 bits per heavy atom. The Morgan fingerprint density at radius 2 is 1.96 bits per heavy atom. The number of nitrogens with zero attached hydrogens (tertiary/aromatic N) is 2. The van der Waals surface area contributed by atoms with Gasteiger partial charge in [-0.05, 0) is 29.8 Å². The van der Waals surface area contributed by atoms with E-state index in [0.29, 0.717) is 6.61 Å². The lowest BCUT2D eigenvalue weighted by Crippen LogP contribution is -2.36. The smallest absolute Gasteiger partial charge is 0.135 e. The van der Waals surface area contributed by atoms with Crippen LogP contribution in [0.4, 0.5) is 0 Å². The van der Waals surface area contributed by atoms with Crippen LogP contribution in [0.3, 0.4) is 0 Å². The second kappa shape index (κ2) is 7.80. The van der Waals surface area contributed by atoms with E-state index in [1.807, 2.05) is 48.7 Å². The molecule has 2 heterocycles. The van der Waals surface area contributed by atoms with Gasteiger partial charge in [-0.2, -0.15) is 0 Å². The molecule has 0 spiro atoms. The van der Waals surface area contributed by atoms with Crippen LogP contribution in [0.5, 0.6) is 0 Å². The number of hydrogen-bond acceptors (Lipinski definition) is 3. The van der Waals surface area contributed by atoms with E-state index in [4.69, 9.17) is 27.9 Å². The second-order valence-corrected chi connectivity index (χ2v) is 7.24. The molecule has 0 bridgehead atoms. The molecular formula is C20H19Cl2N3O. The third-order valence-electron chi connectivity index (χ3n) is 4.51. The molecule has 1 aromatic heterocycles. The predicted molar refractivity (Wildman–Crippen MR) is 104 cm³/mol. The van der Waals surface area contributed by atoms with Gasteiger partial charge in [0.1, 0.15) is 12.4 Å². The lowest BCUT2D eigenvalue weighted by atomic mass is 10.1. The summed E-state index contributed by atoms with van der Waals surface area (Å²) >= 11 is 12.1.